The molecule has 1 fully saturated rings. The van der Waals surface area contributed by atoms with Gasteiger partial charge in [0.1, 0.15) is 5.60 Å². The van der Waals surface area contributed by atoms with E-state index in [1.807, 2.05) is 30.3 Å². The molecule has 5 heteroatoms. The molecule has 1 unspecified atom stereocenters. The first-order valence-corrected chi connectivity index (χ1v) is 7.51. The average Bonchev–Trinajstić information content (AvgIpc) is 2.55. The monoisotopic (exact) mass is 302 g/mol. The molecule has 0 spiro atoms. The maximum absolute atomic E-state index is 12.2. The molecule has 2 N–H and O–H groups in total. The molecule has 1 aromatic carbocycles. The summed E-state index contributed by atoms with van der Waals surface area (Å²) < 4.78 is 0. The van der Waals surface area contributed by atoms with Crippen LogP contribution in [0.1, 0.15) is 24.8 Å². The van der Waals surface area contributed by atoms with Crippen LogP contribution in [-0.2, 0) is 15.2 Å². The van der Waals surface area contributed by atoms with E-state index in [4.69, 9.17) is 0 Å². The maximum atomic E-state index is 12.2. The molecule has 1 aromatic rings. The second-order valence-corrected chi connectivity index (χ2v) is 5.56. The van der Waals surface area contributed by atoms with Crippen LogP contribution < -0.4 is 5.32 Å². The standard InChI is InChI=1S/C17H22N2O3/c1-2-15(20)18-11-9-16(21)19-12-6-10-17(22,13-19)14-7-4-3-5-8-14/h2-5,7-8,22H,1,6,9-13H2,(H,18,20). The lowest BCUT2D eigenvalue weighted by molar-refractivity contribution is -0.138. The summed E-state index contributed by atoms with van der Waals surface area (Å²) in [7, 11) is 0. The largest absolute Gasteiger partial charge is 0.383 e. The number of carbonyl (C=O) groups excluding carboxylic acids is 2. The van der Waals surface area contributed by atoms with Crippen LogP contribution in [0.5, 0.6) is 0 Å². The molecule has 0 bridgehead atoms. The van der Waals surface area contributed by atoms with Crippen LogP contribution in [0.4, 0.5) is 0 Å². The second-order valence-electron chi connectivity index (χ2n) is 5.56. The zero-order valence-corrected chi connectivity index (χ0v) is 12.6. The molecule has 118 valence electrons. The van der Waals surface area contributed by atoms with Gasteiger partial charge in [-0.15, -0.1) is 0 Å². The first-order chi connectivity index (χ1) is 10.5. The van der Waals surface area contributed by atoms with E-state index in [9.17, 15) is 14.7 Å². The Kier molecular flexibility index (Phi) is 5.33. The van der Waals surface area contributed by atoms with Crippen LogP contribution in [0, 0.1) is 0 Å². The van der Waals surface area contributed by atoms with E-state index in [0.717, 1.165) is 12.0 Å². The Balaban J connectivity index is 1.94. The molecule has 2 rings (SSSR count). The molecule has 2 amide bonds. The smallest absolute Gasteiger partial charge is 0.243 e. The van der Waals surface area contributed by atoms with Gasteiger partial charge in [0, 0.05) is 19.5 Å². The topological polar surface area (TPSA) is 69.6 Å². The molecule has 0 aromatic heterocycles. The Morgan fingerprint density at radius 2 is 2.09 bits per heavy atom. The number of piperidine rings is 1. The Labute approximate surface area is 130 Å². The first kappa shape index (κ1) is 16.2. The predicted molar refractivity (Wildman–Crippen MR) is 84.0 cm³/mol. The second kappa shape index (κ2) is 7.22. The van der Waals surface area contributed by atoms with Crippen LogP contribution in [-0.4, -0.2) is 41.5 Å². The van der Waals surface area contributed by atoms with Gasteiger partial charge in [0.25, 0.3) is 0 Å². The molecular weight excluding hydrogens is 280 g/mol. The van der Waals surface area contributed by atoms with Gasteiger partial charge < -0.3 is 15.3 Å². The number of carbonyl (C=O) groups is 2. The minimum absolute atomic E-state index is 0.0570. The van der Waals surface area contributed by atoms with Gasteiger partial charge >= 0.3 is 0 Å². The summed E-state index contributed by atoms with van der Waals surface area (Å²) in [5.74, 6) is -0.342. The van der Waals surface area contributed by atoms with Crippen LogP contribution >= 0.6 is 0 Å². The van der Waals surface area contributed by atoms with Crippen molar-refractivity contribution in [3.8, 4) is 0 Å². The van der Waals surface area contributed by atoms with E-state index >= 15 is 0 Å². The molecule has 0 aliphatic carbocycles. The Morgan fingerprint density at radius 3 is 2.77 bits per heavy atom. The molecule has 1 heterocycles. The number of nitrogens with one attached hydrogen (secondary N) is 1. The number of amides is 2. The van der Waals surface area contributed by atoms with Crippen molar-refractivity contribution in [2.75, 3.05) is 19.6 Å². The quantitative estimate of drug-likeness (QED) is 0.803. The molecule has 0 radical (unpaired) electrons. The van der Waals surface area contributed by atoms with Gasteiger partial charge in [-0.2, -0.15) is 0 Å². The zero-order chi connectivity index (χ0) is 16.0. The van der Waals surface area contributed by atoms with E-state index in [2.05, 4.69) is 11.9 Å². The highest BCUT2D eigenvalue weighted by molar-refractivity contribution is 5.87. The molecule has 1 atom stereocenters. The van der Waals surface area contributed by atoms with Crippen LogP contribution in [0.25, 0.3) is 0 Å². The molecule has 1 saturated heterocycles. The van der Waals surface area contributed by atoms with Crippen molar-refractivity contribution in [3.05, 3.63) is 48.6 Å². The number of benzene rings is 1. The van der Waals surface area contributed by atoms with Crippen molar-refractivity contribution >= 4 is 11.8 Å². The molecular formula is C17H22N2O3. The Morgan fingerprint density at radius 1 is 1.36 bits per heavy atom. The lowest BCUT2D eigenvalue weighted by Crippen LogP contribution is -2.49. The molecule has 1 aliphatic rings. The summed E-state index contributed by atoms with van der Waals surface area (Å²) in [5, 5.41) is 13.4. The first-order valence-electron chi connectivity index (χ1n) is 7.51. The molecule has 5 nitrogen and oxygen atoms in total. The molecule has 0 saturated carbocycles. The molecule has 22 heavy (non-hydrogen) atoms. The van der Waals surface area contributed by atoms with Crippen molar-refractivity contribution in [2.45, 2.75) is 24.9 Å². The van der Waals surface area contributed by atoms with Crippen LogP contribution in [0.3, 0.4) is 0 Å². The van der Waals surface area contributed by atoms with E-state index in [1.165, 1.54) is 6.08 Å². The third-order valence-corrected chi connectivity index (χ3v) is 3.96. The third-order valence-electron chi connectivity index (χ3n) is 3.96. The fraction of sp³-hybridized carbons (Fsp3) is 0.412. The SMILES string of the molecule is C=CC(=O)NCCC(=O)N1CCCC(O)(c2ccccc2)C1. The van der Waals surface area contributed by atoms with Gasteiger partial charge in [-0.25, -0.2) is 0 Å². The number of β-amino-alcohol motifs (C(OH)–C–C–N with tert-alkyl or cyclic N) is 1. The van der Waals surface area contributed by atoms with Crippen LogP contribution in [0.15, 0.2) is 43.0 Å². The van der Waals surface area contributed by atoms with Gasteiger partial charge in [0.05, 0.1) is 6.54 Å². The van der Waals surface area contributed by atoms with Gasteiger partial charge in [0.2, 0.25) is 11.8 Å². The number of hydrogen-bond donors (Lipinski definition) is 2. The minimum atomic E-state index is -0.987. The van der Waals surface area contributed by atoms with Crippen molar-refractivity contribution in [1.82, 2.24) is 10.2 Å². The summed E-state index contributed by atoms with van der Waals surface area (Å²) in [6.45, 7) is 4.58. The molecule has 1 aliphatic heterocycles. The van der Waals surface area contributed by atoms with Gasteiger partial charge in [-0.1, -0.05) is 36.9 Å². The Bertz CT molecular complexity index is 544. The zero-order valence-electron chi connectivity index (χ0n) is 12.6. The number of likely N-dealkylation sites (tertiary alicyclic amines) is 1. The minimum Gasteiger partial charge on any atom is -0.383 e. The van der Waals surface area contributed by atoms with Gasteiger partial charge in [0.15, 0.2) is 0 Å². The van der Waals surface area contributed by atoms with Crippen LogP contribution in [0.2, 0.25) is 0 Å². The Hall–Kier alpha value is -2.14. The van der Waals surface area contributed by atoms with Crippen molar-refractivity contribution in [3.63, 3.8) is 0 Å². The normalized spacial score (nSPS) is 21.2. The number of rotatable bonds is 5. The summed E-state index contributed by atoms with van der Waals surface area (Å²) in [5.41, 5.74) is -0.146. The van der Waals surface area contributed by atoms with E-state index < -0.39 is 5.60 Å². The maximum Gasteiger partial charge on any atom is 0.243 e. The number of hydrogen-bond acceptors (Lipinski definition) is 3. The van der Waals surface area contributed by atoms with Crippen molar-refractivity contribution < 1.29 is 14.7 Å². The summed E-state index contributed by atoms with van der Waals surface area (Å²) in [6.07, 6.45) is 2.81. The van der Waals surface area contributed by atoms with E-state index in [0.29, 0.717) is 19.5 Å². The number of aliphatic hydroxyl groups is 1. The lowest BCUT2D eigenvalue weighted by atomic mass is 9.85. The summed E-state index contributed by atoms with van der Waals surface area (Å²) in [4.78, 5) is 25.0. The van der Waals surface area contributed by atoms with E-state index in [-0.39, 0.29) is 24.8 Å². The summed E-state index contributed by atoms with van der Waals surface area (Å²) >= 11 is 0. The average molecular weight is 302 g/mol. The summed E-state index contributed by atoms with van der Waals surface area (Å²) in [6, 6.07) is 9.45. The van der Waals surface area contributed by atoms with Crippen molar-refractivity contribution in [2.24, 2.45) is 0 Å². The number of nitrogens with zero attached hydrogens (tertiary/aromatic N) is 1. The third kappa shape index (κ3) is 3.95. The highest BCUT2D eigenvalue weighted by atomic mass is 16.3. The van der Waals surface area contributed by atoms with E-state index in [1.54, 1.807) is 4.90 Å². The fourth-order valence-electron chi connectivity index (χ4n) is 2.76. The van der Waals surface area contributed by atoms with Gasteiger partial charge in [-0.05, 0) is 24.5 Å². The lowest BCUT2D eigenvalue weighted by Gasteiger charge is -2.39. The fourth-order valence-corrected chi connectivity index (χ4v) is 2.76. The van der Waals surface area contributed by atoms with Gasteiger partial charge in [-0.3, -0.25) is 9.59 Å². The van der Waals surface area contributed by atoms with Crippen molar-refractivity contribution in [1.29, 1.82) is 0 Å². The highest BCUT2D eigenvalue weighted by Gasteiger charge is 2.36. The predicted octanol–water partition coefficient (Wildman–Crippen LogP) is 1.19. The highest BCUT2D eigenvalue weighted by Crippen LogP contribution is 2.31.